The molecule has 1 aromatic carbocycles. The Morgan fingerprint density at radius 1 is 1.00 bits per heavy atom. The molecule has 0 spiro atoms. The van der Waals surface area contributed by atoms with Crippen LogP contribution < -0.4 is 10.6 Å². The van der Waals surface area contributed by atoms with Crippen LogP contribution in [0.15, 0.2) is 52.7 Å². The Morgan fingerprint density at radius 3 is 2.37 bits per heavy atom. The minimum absolute atomic E-state index is 0.0307. The number of hydrogen-bond donors (Lipinski definition) is 5. The molecule has 0 radical (unpaired) electrons. The van der Waals surface area contributed by atoms with Crippen LogP contribution in [0.3, 0.4) is 0 Å². The molecule has 0 saturated carbocycles. The Hall–Kier alpha value is -2.52. The first-order chi connectivity index (χ1) is 14.4. The van der Waals surface area contributed by atoms with Crippen molar-refractivity contribution in [2.24, 2.45) is 4.99 Å². The minimum atomic E-state index is -0.121. The molecule has 5 N–H and O–H groups in total. The van der Waals surface area contributed by atoms with Gasteiger partial charge in [0.25, 0.3) is 0 Å². The summed E-state index contributed by atoms with van der Waals surface area (Å²) < 4.78 is -0.121. The van der Waals surface area contributed by atoms with Crippen molar-refractivity contribution >= 4 is 22.9 Å². The monoisotopic (exact) mass is 417 g/mol. The van der Waals surface area contributed by atoms with Gasteiger partial charge in [-0.05, 0) is 49.8 Å². The van der Waals surface area contributed by atoms with Gasteiger partial charge in [0.2, 0.25) is 0 Å². The Bertz CT molecular complexity index is 802. The van der Waals surface area contributed by atoms with Gasteiger partial charge in [-0.15, -0.1) is 0 Å². The summed E-state index contributed by atoms with van der Waals surface area (Å²) in [4.78, 5) is 16.5. The third kappa shape index (κ3) is 7.07. The molecule has 8 heteroatoms. The van der Waals surface area contributed by atoms with Crippen LogP contribution >= 0.6 is 0 Å². The van der Waals surface area contributed by atoms with E-state index in [1.54, 1.807) is 13.0 Å². The SMILES string of the molecule is CC[N+](O)(CCO)CCCNc1ccc(N=C2C=C(C)C(=O)C=C2NCCO)cc1. The summed E-state index contributed by atoms with van der Waals surface area (Å²) >= 11 is 0. The number of nitrogens with zero attached hydrogens (tertiary/aromatic N) is 2. The standard InChI is InChI=1S/C22H32N4O4/c1-3-26(30,12-14-28)11-4-9-23-18-5-7-19(8-6-18)25-21-15-17(2)22(29)16-20(21)24-10-13-27/h5-8,15-16,27-28,30H,3-4,9-14H2,1-2H3,(H-,23,24,29)/p+1. The maximum absolute atomic E-state index is 11.9. The van der Waals surface area contributed by atoms with Crippen LogP contribution in [0.2, 0.25) is 0 Å². The minimum Gasteiger partial charge on any atom is -0.395 e. The van der Waals surface area contributed by atoms with Gasteiger partial charge in [0.1, 0.15) is 19.6 Å². The number of quaternary nitrogens is 1. The summed E-state index contributed by atoms with van der Waals surface area (Å²) in [6.45, 7) is 6.14. The second kappa shape index (κ2) is 11.6. The quantitative estimate of drug-likeness (QED) is 0.153. The lowest BCUT2D eigenvalue weighted by Gasteiger charge is -2.28. The highest BCUT2D eigenvalue weighted by molar-refractivity contribution is 6.22. The van der Waals surface area contributed by atoms with Crippen LogP contribution in [0.25, 0.3) is 0 Å². The molecule has 164 valence electrons. The number of nitrogens with one attached hydrogen (secondary N) is 2. The maximum Gasteiger partial charge on any atom is 0.183 e. The first-order valence-corrected chi connectivity index (χ1v) is 10.3. The van der Waals surface area contributed by atoms with Gasteiger partial charge in [0.15, 0.2) is 5.78 Å². The summed E-state index contributed by atoms with van der Waals surface area (Å²) in [5.41, 5.74) is 3.58. The predicted molar refractivity (Wildman–Crippen MR) is 118 cm³/mol. The molecule has 0 aromatic heterocycles. The van der Waals surface area contributed by atoms with Crippen LogP contribution in [0.1, 0.15) is 20.3 Å². The Kier molecular flexibility index (Phi) is 9.19. The van der Waals surface area contributed by atoms with Gasteiger partial charge in [-0.2, -0.15) is 4.65 Å². The predicted octanol–water partition coefficient (Wildman–Crippen LogP) is 1.77. The lowest BCUT2D eigenvalue weighted by molar-refractivity contribution is -1.10. The molecule has 1 aliphatic rings. The smallest absolute Gasteiger partial charge is 0.183 e. The summed E-state index contributed by atoms with van der Waals surface area (Å²) in [7, 11) is 0. The molecule has 0 saturated heterocycles. The fourth-order valence-corrected chi connectivity index (χ4v) is 3.11. The highest BCUT2D eigenvalue weighted by Gasteiger charge is 2.21. The highest BCUT2D eigenvalue weighted by Crippen LogP contribution is 2.20. The Labute approximate surface area is 177 Å². The summed E-state index contributed by atoms with van der Waals surface area (Å²) in [5.74, 6) is -0.0680. The van der Waals surface area contributed by atoms with Crippen LogP contribution in [0, 0.1) is 0 Å². The van der Waals surface area contributed by atoms with Gasteiger partial charge < -0.3 is 20.8 Å². The Balaban J connectivity index is 1.96. The second-order valence-corrected chi connectivity index (χ2v) is 7.31. The number of allylic oxidation sites excluding steroid dienone is 3. The third-order valence-electron chi connectivity index (χ3n) is 5.02. The molecule has 0 amide bonds. The van der Waals surface area contributed by atoms with Crippen LogP contribution in [0.4, 0.5) is 11.4 Å². The molecule has 0 aliphatic heterocycles. The maximum atomic E-state index is 11.9. The van der Waals surface area contributed by atoms with Crippen LogP contribution in [0.5, 0.6) is 0 Å². The van der Waals surface area contributed by atoms with Crippen molar-refractivity contribution in [3.63, 3.8) is 0 Å². The van der Waals surface area contributed by atoms with Crippen molar-refractivity contribution in [3.05, 3.63) is 47.7 Å². The zero-order valence-corrected chi connectivity index (χ0v) is 17.8. The summed E-state index contributed by atoms with van der Waals surface area (Å²) in [6, 6.07) is 7.65. The zero-order valence-electron chi connectivity index (χ0n) is 17.8. The van der Waals surface area contributed by atoms with Crippen molar-refractivity contribution in [1.29, 1.82) is 0 Å². The van der Waals surface area contributed by atoms with E-state index in [0.717, 1.165) is 17.8 Å². The van der Waals surface area contributed by atoms with Gasteiger partial charge in [-0.3, -0.25) is 4.79 Å². The van der Waals surface area contributed by atoms with Crippen molar-refractivity contribution in [2.45, 2.75) is 20.3 Å². The van der Waals surface area contributed by atoms with E-state index >= 15 is 0 Å². The number of hydrogen-bond acceptors (Lipinski definition) is 7. The zero-order chi connectivity index (χ0) is 22.0. The number of carbonyl (C=O) groups excluding carboxylic acids is 1. The number of ketones is 1. The fraction of sp³-hybridized carbons (Fsp3) is 0.455. The first-order valence-electron chi connectivity index (χ1n) is 10.3. The number of rotatable bonds is 12. The highest BCUT2D eigenvalue weighted by atomic mass is 16.5. The van der Waals surface area contributed by atoms with Gasteiger partial charge in [-0.1, -0.05) is 0 Å². The molecule has 0 bridgehead atoms. The lowest BCUT2D eigenvalue weighted by Crippen LogP contribution is -2.47. The van der Waals surface area contributed by atoms with E-state index in [2.05, 4.69) is 15.6 Å². The second-order valence-electron chi connectivity index (χ2n) is 7.31. The van der Waals surface area contributed by atoms with E-state index < -0.39 is 0 Å². The molecule has 0 fully saturated rings. The number of carbonyl (C=O) groups is 1. The molecule has 1 unspecified atom stereocenters. The summed E-state index contributed by atoms with van der Waals surface area (Å²) in [5, 5.41) is 34.7. The largest absolute Gasteiger partial charge is 0.395 e. The van der Waals surface area contributed by atoms with Gasteiger partial charge in [0.05, 0.1) is 30.3 Å². The van der Waals surface area contributed by atoms with Gasteiger partial charge in [0, 0.05) is 31.3 Å². The lowest BCUT2D eigenvalue weighted by atomic mass is 10.0. The first kappa shape index (κ1) is 23.8. The molecular weight excluding hydrogens is 384 g/mol. The topological polar surface area (TPSA) is 114 Å². The van der Waals surface area contributed by atoms with E-state index in [1.165, 1.54) is 6.08 Å². The average Bonchev–Trinajstić information content (AvgIpc) is 2.74. The number of anilines is 1. The molecule has 1 aromatic rings. The van der Waals surface area contributed by atoms with Crippen molar-refractivity contribution in [3.8, 4) is 0 Å². The molecular formula is C22H33N4O4+. The van der Waals surface area contributed by atoms with Crippen LogP contribution in [-0.4, -0.2) is 77.5 Å². The van der Waals surface area contributed by atoms with Crippen LogP contribution in [-0.2, 0) is 4.79 Å². The van der Waals surface area contributed by atoms with E-state index in [9.17, 15) is 10.0 Å². The number of likely N-dealkylation sites (N-methyl/N-ethyl adjacent to an activating group) is 1. The number of hydroxylamine groups is 3. The van der Waals surface area contributed by atoms with Gasteiger partial charge >= 0.3 is 0 Å². The normalized spacial score (nSPS) is 17.4. The third-order valence-corrected chi connectivity index (χ3v) is 5.02. The van der Waals surface area contributed by atoms with E-state index in [0.29, 0.717) is 49.7 Å². The van der Waals surface area contributed by atoms with Crippen molar-refractivity contribution in [1.82, 2.24) is 5.32 Å². The summed E-state index contributed by atoms with van der Waals surface area (Å²) in [6.07, 6.45) is 4.03. The molecule has 8 nitrogen and oxygen atoms in total. The molecule has 1 atom stereocenters. The van der Waals surface area contributed by atoms with E-state index in [4.69, 9.17) is 10.2 Å². The Morgan fingerprint density at radius 2 is 1.73 bits per heavy atom. The van der Waals surface area contributed by atoms with Crippen molar-refractivity contribution < 1.29 is 24.9 Å². The van der Waals surface area contributed by atoms with Gasteiger partial charge in [-0.25, -0.2) is 10.2 Å². The van der Waals surface area contributed by atoms with E-state index in [1.807, 2.05) is 31.2 Å². The fourth-order valence-electron chi connectivity index (χ4n) is 3.11. The molecule has 0 heterocycles. The molecule has 30 heavy (non-hydrogen) atoms. The molecule has 1 aliphatic carbocycles. The average molecular weight is 418 g/mol. The molecule has 2 rings (SSSR count). The number of benzene rings is 1. The van der Waals surface area contributed by atoms with Crippen molar-refractivity contribution in [2.75, 3.05) is 51.3 Å². The number of aliphatic imine (C=N–C) groups is 1. The number of aliphatic hydroxyl groups excluding tert-OH is 2. The van der Waals surface area contributed by atoms with E-state index in [-0.39, 0.29) is 23.6 Å². The number of aliphatic hydroxyl groups is 2.